The van der Waals surface area contributed by atoms with E-state index in [0.29, 0.717) is 23.4 Å². The molecule has 1 fully saturated rings. The molecule has 5 rings (SSSR count). The van der Waals surface area contributed by atoms with E-state index < -0.39 is 11.9 Å². The van der Waals surface area contributed by atoms with Gasteiger partial charge in [-0.05, 0) is 48.9 Å². The van der Waals surface area contributed by atoms with Crippen molar-refractivity contribution in [1.29, 1.82) is 0 Å². The highest BCUT2D eigenvalue weighted by molar-refractivity contribution is 6.34. The molecule has 2 heterocycles. The summed E-state index contributed by atoms with van der Waals surface area (Å²) in [7, 11) is 0. The molecule has 0 aliphatic carbocycles. The lowest BCUT2D eigenvalue weighted by atomic mass is 10.1. The highest BCUT2D eigenvalue weighted by atomic mass is 16.5. The number of benzene rings is 3. The summed E-state index contributed by atoms with van der Waals surface area (Å²) in [5.41, 5.74) is 2.13. The Morgan fingerprint density at radius 3 is 2.06 bits per heavy atom. The Kier molecular flexibility index (Phi) is 5.45. The van der Waals surface area contributed by atoms with Gasteiger partial charge in [0.2, 0.25) is 5.91 Å². The number of carbonyl (C=O) groups excluding carboxylic acids is 4. The van der Waals surface area contributed by atoms with E-state index in [1.54, 1.807) is 41.3 Å². The van der Waals surface area contributed by atoms with E-state index in [1.807, 2.05) is 37.3 Å². The van der Waals surface area contributed by atoms with Gasteiger partial charge >= 0.3 is 5.97 Å². The molecule has 0 unspecified atom stereocenters. The van der Waals surface area contributed by atoms with Gasteiger partial charge in [-0.3, -0.25) is 19.2 Å². The molecule has 0 N–H and O–H groups in total. The molecule has 1 saturated heterocycles. The standard InChI is InChI=1S/C27H22N2O5/c1-17(18-7-3-2-4-8-18)28-16-19(15-24(28)30)27(33)34-21-13-11-20(12-14-21)29-25(31)22-9-5-6-10-23(22)26(29)32/h2-14,17,19H,15-16H2,1H3/t17-,19+/m0/s1. The minimum Gasteiger partial charge on any atom is -0.426 e. The van der Waals surface area contributed by atoms with Gasteiger partial charge in [-0.25, -0.2) is 4.90 Å². The third kappa shape index (κ3) is 3.75. The lowest BCUT2D eigenvalue weighted by molar-refractivity contribution is -0.139. The fourth-order valence-corrected chi connectivity index (χ4v) is 4.46. The summed E-state index contributed by atoms with van der Waals surface area (Å²) in [5.74, 6) is -1.62. The number of hydrogen-bond donors (Lipinski definition) is 0. The number of hydrogen-bond acceptors (Lipinski definition) is 5. The number of ether oxygens (including phenoxy) is 1. The van der Waals surface area contributed by atoms with Crippen LogP contribution in [0.1, 0.15) is 45.7 Å². The Labute approximate surface area is 196 Å². The van der Waals surface area contributed by atoms with Gasteiger partial charge in [0.1, 0.15) is 5.75 Å². The van der Waals surface area contributed by atoms with Gasteiger partial charge in [0, 0.05) is 13.0 Å². The van der Waals surface area contributed by atoms with Gasteiger partial charge in [0.15, 0.2) is 0 Å². The van der Waals surface area contributed by atoms with Crippen molar-refractivity contribution in [2.45, 2.75) is 19.4 Å². The van der Waals surface area contributed by atoms with Crippen molar-refractivity contribution in [3.63, 3.8) is 0 Å². The van der Waals surface area contributed by atoms with Crippen LogP contribution in [-0.4, -0.2) is 35.1 Å². The van der Waals surface area contributed by atoms with Crippen LogP contribution in [0.25, 0.3) is 0 Å². The Balaban J connectivity index is 1.24. The molecule has 3 aromatic carbocycles. The van der Waals surface area contributed by atoms with Crippen molar-refractivity contribution >= 4 is 29.4 Å². The molecule has 0 radical (unpaired) electrons. The number of rotatable bonds is 5. The predicted molar refractivity (Wildman–Crippen MR) is 124 cm³/mol. The molecule has 0 saturated carbocycles. The SMILES string of the molecule is C[C@@H](c1ccccc1)N1C[C@H](C(=O)Oc2ccc(N3C(=O)c4ccccc4C3=O)cc2)CC1=O. The average Bonchev–Trinajstić information content (AvgIpc) is 3.37. The fraction of sp³-hybridized carbons (Fsp3) is 0.185. The first-order valence-electron chi connectivity index (χ1n) is 11.1. The van der Waals surface area contributed by atoms with E-state index in [0.717, 1.165) is 10.5 Å². The fourth-order valence-electron chi connectivity index (χ4n) is 4.46. The van der Waals surface area contributed by atoms with Crippen LogP contribution in [0.5, 0.6) is 5.75 Å². The number of esters is 1. The van der Waals surface area contributed by atoms with Crippen molar-refractivity contribution in [3.05, 3.63) is 95.6 Å². The second-order valence-corrected chi connectivity index (χ2v) is 8.44. The number of fused-ring (bicyclic) bond motifs is 1. The van der Waals surface area contributed by atoms with Crippen molar-refractivity contribution in [3.8, 4) is 5.75 Å². The van der Waals surface area contributed by atoms with Crippen molar-refractivity contribution < 1.29 is 23.9 Å². The first-order valence-corrected chi connectivity index (χ1v) is 11.1. The number of imide groups is 1. The molecule has 7 heteroatoms. The summed E-state index contributed by atoms with van der Waals surface area (Å²) >= 11 is 0. The van der Waals surface area contributed by atoms with Gasteiger partial charge in [-0.1, -0.05) is 42.5 Å². The molecule has 170 valence electrons. The molecule has 7 nitrogen and oxygen atoms in total. The largest absolute Gasteiger partial charge is 0.426 e. The Hall–Kier alpha value is -4.26. The van der Waals surface area contributed by atoms with Gasteiger partial charge in [0.05, 0.1) is 28.8 Å². The number of anilines is 1. The molecule has 0 aromatic heterocycles. The quantitative estimate of drug-likeness (QED) is 0.331. The highest BCUT2D eigenvalue weighted by Gasteiger charge is 2.39. The van der Waals surface area contributed by atoms with Crippen molar-refractivity contribution in [2.75, 3.05) is 11.4 Å². The van der Waals surface area contributed by atoms with Gasteiger partial charge in [-0.15, -0.1) is 0 Å². The van der Waals surface area contributed by atoms with Crippen LogP contribution in [0.15, 0.2) is 78.9 Å². The Bertz CT molecular complexity index is 1250. The molecule has 3 amide bonds. The second kappa shape index (κ2) is 8.59. The van der Waals surface area contributed by atoms with Gasteiger partial charge in [0.25, 0.3) is 11.8 Å². The van der Waals surface area contributed by atoms with E-state index in [4.69, 9.17) is 4.74 Å². The number of likely N-dealkylation sites (tertiary alicyclic amines) is 1. The summed E-state index contributed by atoms with van der Waals surface area (Å²) in [6.45, 7) is 2.24. The van der Waals surface area contributed by atoms with Gasteiger partial charge < -0.3 is 9.64 Å². The number of carbonyl (C=O) groups is 4. The van der Waals surface area contributed by atoms with E-state index in [2.05, 4.69) is 0 Å². The van der Waals surface area contributed by atoms with Crippen LogP contribution in [0.3, 0.4) is 0 Å². The zero-order chi connectivity index (χ0) is 23.8. The lowest BCUT2D eigenvalue weighted by Gasteiger charge is -2.25. The molecular formula is C27H22N2O5. The summed E-state index contributed by atoms with van der Waals surface area (Å²) in [6.07, 6.45) is 0.100. The van der Waals surface area contributed by atoms with Crippen LogP contribution >= 0.6 is 0 Å². The normalized spacial score (nSPS) is 18.3. The second-order valence-electron chi connectivity index (χ2n) is 8.44. The number of nitrogens with zero attached hydrogens (tertiary/aromatic N) is 2. The topological polar surface area (TPSA) is 84.0 Å². The lowest BCUT2D eigenvalue weighted by Crippen LogP contribution is -2.30. The predicted octanol–water partition coefficient (Wildman–Crippen LogP) is 4.00. The van der Waals surface area contributed by atoms with E-state index in [-0.39, 0.29) is 35.9 Å². The molecule has 0 bridgehead atoms. The molecular weight excluding hydrogens is 432 g/mol. The summed E-state index contributed by atoms with van der Waals surface area (Å²) in [6, 6.07) is 22.4. The van der Waals surface area contributed by atoms with Gasteiger partial charge in [-0.2, -0.15) is 0 Å². The number of amides is 3. The average molecular weight is 454 g/mol. The van der Waals surface area contributed by atoms with E-state index in [9.17, 15) is 19.2 Å². The smallest absolute Gasteiger partial charge is 0.316 e. The van der Waals surface area contributed by atoms with Crippen molar-refractivity contribution in [2.24, 2.45) is 5.92 Å². The van der Waals surface area contributed by atoms with Crippen molar-refractivity contribution in [1.82, 2.24) is 4.90 Å². The maximum atomic E-state index is 12.7. The first-order chi connectivity index (χ1) is 16.4. The molecule has 2 aliphatic rings. The van der Waals surface area contributed by atoms with Crippen LogP contribution in [0.2, 0.25) is 0 Å². The Morgan fingerprint density at radius 2 is 1.44 bits per heavy atom. The summed E-state index contributed by atoms with van der Waals surface area (Å²) in [5, 5.41) is 0. The molecule has 0 spiro atoms. The first kappa shape index (κ1) is 21.6. The van der Waals surface area contributed by atoms with Crippen LogP contribution < -0.4 is 9.64 Å². The van der Waals surface area contributed by atoms with Crippen LogP contribution in [-0.2, 0) is 9.59 Å². The van der Waals surface area contributed by atoms with Crippen LogP contribution in [0, 0.1) is 5.92 Å². The third-order valence-electron chi connectivity index (χ3n) is 6.35. The molecule has 2 atom stereocenters. The van der Waals surface area contributed by atoms with Crippen LogP contribution in [0.4, 0.5) is 5.69 Å². The highest BCUT2D eigenvalue weighted by Crippen LogP contribution is 2.31. The van der Waals surface area contributed by atoms with E-state index in [1.165, 1.54) is 12.1 Å². The molecule has 2 aliphatic heterocycles. The zero-order valence-corrected chi connectivity index (χ0v) is 18.5. The zero-order valence-electron chi connectivity index (χ0n) is 18.5. The maximum Gasteiger partial charge on any atom is 0.316 e. The minimum absolute atomic E-state index is 0.0840. The minimum atomic E-state index is -0.561. The summed E-state index contributed by atoms with van der Waals surface area (Å²) in [4.78, 5) is 53.4. The summed E-state index contributed by atoms with van der Waals surface area (Å²) < 4.78 is 5.51. The molecule has 34 heavy (non-hydrogen) atoms. The van der Waals surface area contributed by atoms with E-state index >= 15 is 0 Å². The third-order valence-corrected chi connectivity index (χ3v) is 6.35. The monoisotopic (exact) mass is 454 g/mol. The Morgan fingerprint density at radius 1 is 0.853 bits per heavy atom. The molecule has 3 aromatic rings. The maximum absolute atomic E-state index is 12.7.